The Bertz CT molecular complexity index is 601. The zero-order valence-electron chi connectivity index (χ0n) is 13.3. The van der Waals surface area contributed by atoms with Crippen molar-refractivity contribution in [1.29, 1.82) is 0 Å². The number of ketones is 1. The molecule has 0 aliphatic carbocycles. The number of rotatable bonds is 4. The van der Waals surface area contributed by atoms with Crippen molar-refractivity contribution in [3.05, 3.63) is 42.1 Å². The van der Waals surface area contributed by atoms with Crippen LogP contribution in [0.1, 0.15) is 26.3 Å². The second kappa shape index (κ2) is 7.08. The van der Waals surface area contributed by atoms with E-state index in [1.807, 2.05) is 6.92 Å². The van der Waals surface area contributed by atoms with Gasteiger partial charge < -0.3 is 4.74 Å². The molecule has 1 aromatic carbocycles. The van der Waals surface area contributed by atoms with E-state index in [9.17, 15) is 18.4 Å². The summed E-state index contributed by atoms with van der Waals surface area (Å²) in [4.78, 5) is 24.4. The fraction of sp³-hybridized carbons (Fsp3) is 0.375. The van der Waals surface area contributed by atoms with Crippen LogP contribution >= 0.6 is 11.6 Å². The number of carbonyl (C=O) groups excluding carboxylic acids is 2. The fourth-order valence-corrected chi connectivity index (χ4v) is 1.57. The summed E-state index contributed by atoms with van der Waals surface area (Å²) in [6.45, 7) is 6.86. The molecule has 0 bridgehead atoms. The Morgan fingerprint density at radius 2 is 1.70 bits per heavy atom. The Labute approximate surface area is 138 Å². The van der Waals surface area contributed by atoms with Crippen molar-refractivity contribution in [2.75, 3.05) is 4.90 Å². The number of halogens is 3. The lowest BCUT2D eigenvalue weighted by atomic mass is 10.2. The first-order chi connectivity index (χ1) is 10.4. The van der Waals surface area contributed by atoms with Crippen LogP contribution in [0.15, 0.2) is 36.5 Å². The second-order valence-corrected chi connectivity index (χ2v) is 6.34. The number of anilines is 1. The standard InChI is InChI=1S/C16H18ClF2NO3/c1-11-5-7-12(8-6-11)20(14(22)23-15(2,3)4)10-9-13(21)16(17,18)19/h5-10H,1-4H3/b10-9+. The number of nitrogens with zero attached hydrogens (tertiary/aromatic N) is 1. The quantitative estimate of drug-likeness (QED) is 0.589. The average Bonchev–Trinajstić information content (AvgIpc) is 2.37. The minimum absolute atomic E-state index is 0.367. The van der Waals surface area contributed by atoms with Crippen molar-refractivity contribution in [3.8, 4) is 0 Å². The van der Waals surface area contributed by atoms with E-state index < -0.39 is 22.9 Å². The van der Waals surface area contributed by atoms with Crippen molar-refractivity contribution in [1.82, 2.24) is 0 Å². The normalized spacial score (nSPS) is 12.3. The number of ether oxygens (including phenoxy) is 1. The van der Waals surface area contributed by atoms with E-state index in [2.05, 4.69) is 11.6 Å². The molecule has 0 unspecified atom stereocenters. The number of benzene rings is 1. The van der Waals surface area contributed by atoms with Gasteiger partial charge in [0.05, 0.1) is 5.69 Å². The molecule has 0 radical (unpaired) electrons. The second-order valence-electron chi connectivity index (χ2n) is 5.86. The molecule has 0 heterocycles. The number of carbonyl (C=O) groups is 2. The molecule has 1 rings (SSSR count). The van der Waals surface area contributed by atoms with Crippen molar-refractivity contribution in [3.63, 3.8) is 0 Å². The van der Waals surface area contributed by atoms with E-state index in [1.54, 1.807) is 45.0 Å². The molecule has 0 aromatic heterocycles. The lowest BCUT2D eigenvalue weighted by Crippen LogP contribution is -2.34. The lowest BCUT2D eigenvalue weighted by molar-refractivity contribution is -0.128. The number of allylic oxidation sites excluding steroid dienone is 1. The zero-order valence-corrected chi connectivity index (χ0v) is 14.0. The van der Waals surface area contributed by atoms with E-state index in [-0.39, 0.29) is 0 Å². The Kier molecular flexibility index (Phi) is 5.88. The van der Waals surface area contributed by atoms with Gasteiger partial charge in [-0.1, -0.05) is 17.7 Å². The Hall–Kier alpha value is -1.95. The summed E-state index contributed by atoms with van der Waals surface area (Å²) < 4.78 is 30.7. The topological polar surface area (TPSA) is 46.6 Å². The Morgan fingerprint density at radius 1 is 1.17 bits per heavy atom. The molecule has 23 heavy (non-hydrogen) atoms. The largest absolute Gasteiger partial charge is 0.443 e. The molecule has 0 saturated heterocycles. The van der Waals surface area contributed by atoms with Gasteiger partial charge in [0, 0.05) is 12.3 Å². The minimum Gasteiger partial charge on any atom is -0.443 e. The van der Waals surface area contributed by atoms with Gasteiger partial charge in [-0.3, -0.25) is 9.69 Å². The van der Waals surface area contributed by atoms with Crippen molar-refractivity contribution < 1.29 is 23.1 Å². The van der Waals surface area contributed by atoms with Crippen molar-refractivity contribution in [2.24, 2.45) is 0 Å². The first-order valence-electron chi connectivity index (χ1n) is 6.78. The van der Waals surface area contributed by atoms with Gasteiger partial charge in [0.1, 0.15) is 5.60 Å². The SMILES string of the molecule is Cc1ccc(N(/C=C/C(=O)C(F)(F)Cl)C(=O)OC(C)(C)C)cc1. The van der Waals surface area contributed by atoms with Crippen LogP contribution in [0.5, 0.6) is 0 Å². The molecular weight excluding hydrogens is 328 g/mol. The Morgan fingerprint density at radius 3 is 2.13 bits per heavy atom. The summed E-state index contributed by atoms with van der Waals surface area (Å²) in [5.74, 6) is -1.63. The average molecular weight is 346 g/mol. The predicted molar refractivity (Wildman–Crippen MR) is 84.8 cm³/mol. The molecule has 0 N–H and O–H groups in total. The summed E-state index contributed by atoms with van der Waals surface area (Å²) in [6, 6.07) is 6.68. The molecule has 0 aliphatic heterocycles. The number of alkyl halides is 3. The predicted octanol–water partition coefficient (Wildman–Crippen LogP) is 4.65. The summed E-state index contributed by atoms with van der Waals surface area (Å²) in [6.07, 6.45) is 0.650. The van der Waals surface area contributed by atoms with Crippen LogP contribution in [-0.4, -0.2) is 22.9 Å². The van der Waals surface area contributed by atoms with Gasteiger partial charge in [0.2, 0.25) is 5.78 Å². The molecule has 0 fully saturated rings. The van der Waals surface area contributed by atoms with Crippen LogP contribution < -0.4 is 4.90 Å². The van der Waals surface area contributed by atoms with Gasteiger partial charge in [0.15, 0.2) is 0 Å². The van der Waals surface area contributed by atoms with E-state index in [0.29, 0.717) is 11.8 Å². The van der Waals surface area contributed by atoms with Crippen LogP contribution in [0.3, 0.4) is 0 Å². The van der Waals surface area contributed by atoms with Crippen LogP contribution in [0.25, 0.3) is 0 Å². The molecule has 1 amide bonds. The van der Waals surface area contributed by atoms with Gasteiger partial charge >= 0.3 is 11.5 Å². The molecule has 0 aliphatic rings. The van der Waals surface area contributed by atoms with Crippen LogP contribution in [-0.2, 0) is 9.53 Å². The molecule has 7 heteroatoms. The summed E-state index contributed by atoms with van der Waals surface area (Å²) in [5.41, 5.74) is 0.533. The van der Waals surface area contributed by atoms with Crippen LogP contribution in [0.4, 0.5) is 19.3 Å². The first-order valence-corrected chi connectivity index (χ1v) is 7.16. The highest BCUT2D eigenvalue weighted by molar-refractivity contribution is 6.34. The third-order valence-corrected chi connectivity index (χ3v) is 2.74. The van der Waals surface area contributed by atoms with Gasteiger partial charge in [-0.05, 0) is 51.4 Å². The maximum Gasteiger partial charge on any atom is 0.418 e. The van der Waals surface area contributed by atoms with E-state index in [0.717, 1.165) is 16.7 Å². The Balaban J connectivity index is 3.11. The van der Waals surface area contributed by atoms with Crippen LogP contribution in [0, 0.1) is 6.92 Å². The van der Waals surface area contributed by atoms with Gasteiger partial charge in [-0.15, -0.1) is 0 Å². The van der Waals surface area contributed by atoms with Gasteiger partial charge in [-0.25, -0.2) is 4.79 Å². The van der Waals surface area contributed by atoms with Crippen LogP contribution in [0.2, 0.25) is 0 Å². The molecule has 126 valence electrons. The molecule has 1 aromatic rings. The first kappa shape index (κ1) is 19.1. The third kappa shape index (κ3) is 6.36. The summed E-state index contributed by atoms with van der Waals surface area (Å²) >= 11 is 4.65. The highest BCUT2D eigenvalue weighted by atomic mass is 35.5. The van der Waals surface area contributed by atoms with Crippen molar-refractivity contribution >= 4 is 29.2 Å². The number of hydrogen-bond donors (Lipinski definition) is 0. The monoisotopic (exact) mass is 345 g/mol. The molecule has 0 spiro atoms. The molecule has 0 saturated carbocycles. The zero-order chi connectivity index (χ0) is 17.8. The third-order valence-electron chi connectivity index (χ3n) is 2.56. The number of hydrogen-bond acceptors (Lipinski definition) is 3. The number of amides is 1. The lowest BCUT2D eigenvalue weighted by Gasteiger charge is -2.25. The van der Waals surface area contributed by atoms with Gasteiger partial charge in [0.25, 0.3) is 0 Å². The number of aryl methyl sites for hydroxylation is 1. The molecular formula is C16H18ClF2NO3. The fourth-order valence-electron chi connectivity index (χ4n) is 1.51. The van der Waals surface area contributed by atoms with Crippen molar-refractivity contribution in [2.45, 2.75) is 38.7 Å². The van der Waals surface area contributed by atoms with E-state index >= 15 is 0 Å². The highest BCUT2D eigenvalue weighted by Gasteiger charge is 2.33. The minimum atomic E-state index is -4.02. The smallest absolute Gasteiger partial charge is 0.418 e. The maximum atomic E-state index is 12.7. The summed E-state index contributed by atoms with van der Waals surface area (Å²) in [7, 11) is 0. The van der Waals surface area contributed by atoms with E-state index in [1.165, 1.54) is 0 Å². The van der Waals surface area contributed by atoms with Gasteiger partial charge in [-0.2, -0.15) is 8.78 Å². The molecule has 4 nitrogen and oxygen atoms in total. The summed E-state index contributed by atoms with van der Waals surface area (Å²) in [5, 5.41) is -4.02. The highest BCUT2D eigenvalue weighted by Crippen LogP contribution is 2.22. The molecule has 0 atom stereocenters. The van der Waals surface area contributed by atoms with E-state index in [4.69, 9.17) is 4.74 Å². The maximum absolute atomic E-state index is 12.7.